The van der Waals surface area contributed by atoms with Gasteiger partial charge in [0.1, 0.15) is 5.60 Å². The van der Waals surface area contributed by atoms with E-state index in [2.05, 4.69) is 38.3 Å². The zero-order valence-corrected chi connectivity index (χ0v) is 16.2. The molecule has 0 bridgehead atoms. The molecule has 2 N–H and O–H groups in total. The average Bonchev–Trinajstić information content (AvgIpc) is 2.38. The number of amides is 1. The monoisotopic (exact) mass is 328 g/mol. The fourth-order valence-corrected chi connectivity index (χ4v) is 3.00. The summed E-state index contributed by atoms with van der Waals surface area (Å²) in [5.41, 5.74) is -0.296. The molecule has 0 spiro atoms. The van der Waals surface area contributed by atoms with Crippen LogP contribution in [0, 0.1) is 17.3 Å². The summed E-state index contributed by atoms with van der Waals surface area (Å²) in [6.45, 7) is 16.0. The highest BCUT2D eigenvalue weighted by Crippen LogP contribution is 2.42. The fourth-order valence-electron chi connectivity index (χ4n) is 3.00. The van der Waals surface area contributed by atoms with Crippen LogP contribution < -0.4 is 10.6 Å². The summed E-state index contributed by atoms with van der Waals surface area (Å²) in [7, 11) is 1.78. The highest BCUT2D eigenvalue weighted by molar-refractivity contribution is 5.67. The van der Waals surface area contributed by atoms with E-state index in [4.69, 9.17) is 9.47 Å². The molecule has 5 heteroatoms. The van der Waals surface area contributed by atoms with Crippen molar-refractivity contribution in [3.63, 3.8) is 0 Å². The predicted molar refractivity (Wildman–Crippen MR) is 93.6 cm³/mol. The Morgan fingerprint density at radius 2 is 1.87 bits per heavy atom. The minimum atomic E-state index is -0.458. The summed E-state index contributed by atoms with van der Waals surface area (Å²) >= 11 is 0. The molecule has 1 aliphatic rings. The minimum absolute atomic E-state index is 0.162. The van der Waals surface area contributed by atoms with Crippen molar-refractivity contribution in [2.45, 2.75) is 72.6 Å². The Kier molecular flexibility index (Phi) is 6.90. The molecule has 5 nitrogen and oxygen atoms in total. The Bertz CT molecular complexity index is 388. The van der Waals surface area contributed by atoms with Gasteiger partial charge in [-0.05, 0) is 39.0 Å². The lowest BCUT2D eigenvalue weighted by Gasteiger charge is -2.52. The standard InChI is InChI=1S/C18H36N2O3/c1-12(2)13(11-20-16(21)23-17(3,4)5)10-19-14-9-15(22-8)18(14,6)7/h12-15,19H,9-11H2,1-8H3,(H,20,21). The number of alkyl carbamates (subject to hydrolysis) is 1. The molecule has 1 aliphatic carbocycles. The first-order valence-corrected chi connectivity index (χ1v) is 8.70. The van der Waals surface area contributed by atoms with Crippen molar-refractivity contribution in [2.75, 3.05) is 20.2 Å². The lowest BCUT2D eigenvalue weighted by Crippen LogP contribution is -2.61. The quantitative estimate of drug-likeness (QED) is 0.753. The number of rotatable bonds is 7. The fraction of sp³-hybridized carbons (Fsp3) is 0.944. The zero-order valence-electron chi connectivity index (χ0n) is 16.2. The van der Waals surface area contributed by atoms with Gasteiger partial charge in [0.15, 0.2) is 0 Å². The molecular formula is C18H36N2O3. The van der Waals surface area contributed by atoms with Gasteiger partial charge in [0.25, 0.3) is 0 Å². The minimum Gasteiger partial charge on any atom is -0.444 e. The first kappa shape index (κ1) is 20.2. The average molecular weight is 328 g/mol. The van der Waals surface area contributed by atoms with Crippen LogP contribution in [0.15, 0.2) is 0 Å². The van der Waals surface area contributed by atoms with Crippen LogP contribution in [0.25, 0.3) is 0 Å². The van der Waals surface area contributed by atoms with E-state index in [9.17, 15) is 4.79 Å². The summed E-state index contributed by atoms with van der Waals surface area (Å²) in [4.78, 5) is 11.8. The van der Waals surface area contributed by atoms with Crippen LogP contribution in [0.1, 0.15) is 54.9 Å². The first-order chi connectivity index (χ1) is 10.5. The van der Waals surface area contributed by atoms with E-state index in [1.165, 1.54) is 0 Å². The van der Waals surface area contributed by atoms with Crippen molar-refractivity contribution in [1.29, 1.82) is 0 Å². The Hall–Kier alpha value is -0.810. The van der Waals surface area contributed by atoms with Crippen LogP contribution in [-0.4, -0.2) is 44.0 Å². The van der Waals surface area contributed by atoms with Crippen LogP contribution in [0.4, 0.5) is 4.79 Å². The molecule has 1 amide bonds. The summed E-state index contributed by atoms with van der Waals surface area (Å²) in [5, 5.41) is 6.55. The summed E-state index contributed by atoms with van der Waals surface area (Å²) in [6, 6.07) is 0.468. The van der Waals surface area contributed by atoms with Gasteiger partial charge < -0.3 is 20.1 Å². The van der Waals surface area contributed by atoms with Crippen molar-refractivity contribution in [3.05, 3.63) is 0 Å². The van der Waals surface area contributed by atoms with Gasteiger partial charge in [0.05, 0.1) is 6.10 Å². The maximum absolute atomic E-state index is 11.8. The number of methoxy groups -OCH3 is 1. The second-order valence-electron chi connectivity index (χ2n) is 8.63. The SMILES string of the molecule is COC1CC(NCC(CNC(=O)OC(C)(C)C)C(C)C)C1(C)C. The first-order valence-electron chi connectivity index (χ1n) is 8.70. The Balaban J connectivity index is 2.40. The highest BCUT2D eigenvalue weighted by atomic mass is 16.6. The van der Waals surface area contributed by atoms with Gasteiger partial charge in [-0.3, -0.25) is 0 Å². The van der Waals surface area contributed by atoms with Gasteiger partial charge in [-0.2, -0.15) is 0 Å². The third-order valence-electron chi connectivity index (χ3n) is 4.94. The molecule has 1 rings (SSSR count). The van der Waals surface area contributed by atoms with Crippen LogP contribution in [0.3, 0.4) is 0 Å². The number of carbonyl (C=O) groups excluding carboxylic acids is 1. The van der Waals surface area contributed by atoms with Gasteiger partial charge in [0.2, 0.25) is 0 Å². The third-order valence-corrected chi connectivity index (χ3v) is 4.94. The molecule has 23 heavy (non-hydrogen) atoms. The van der Waals surface area contributed by atoms with E-state index in [1.54, 1.807) is 7.11 Å². The summed E-state index contributed by atoms with van der Waals surface area (Å²) in [6.07, 6.45) is 1.04. The van der Waals surface area contributed by atoms with Crippen molar-refractivity contribution in [3.8, 4) is 0 Å². The van der Waals surface area contributed by atoms with Crippen LogP contribution in [-0.2, 0) is 9.47 Å². The van der Waals surface area contributed by atoms with Crippen molar-refractivity contribution < 1.29 is 14.3 Å². The summed E-state index contributed by atoms with van der Waals surface area (Å²) in [5.74, 6) is 0.860. The molecule has 3 unspecified atom stereocenters. The van der Waals surface area contributed by atoms with Gasteiger partial charge in [-0.25, -0.2) is 4.79 Å². The van der Waals surface area contributed by atoms with Crippen molar-refractivity contribution in [2.24, 2.45) is 17.3 Å². The van der Waals surface area contributed by atoms with Gasteiger partial charge in [-0.1, -0.05) is 27.7 Å². The molecule has 1 saturated carbocycles. The Morgan fingerprint density at radius 3 is 2.30 bits per heavy atom. The largest absolute Gasteiger partial charge is 0.444 e. The van der Waals surface area contributed by atoms with Gasteiger partial charge in [-0.15, -0.1) is 0 Å². The number of carbonyl (C=O) groups is 1. The van der Waals surface area contributed by atoms with Gasteiger partial charge >= 0.3 is 6.09 Å². The summed E-state index contributed by atoms with van der Waals surface area (Å²) < 4.78 is 10.8. The molecule has 1 fully saturated rings. The molecule has 136 valence electrons. The normalized spacial score (nSPS) is 24.9. The second-order valence-corrected chi connectivity index (χ2v) is 8.63. The number of nitrogens with one attached hydrogen (secondary N) is 2. The third kappa shape index (κ3) is 5.96. The molecule has 0 aromatic carbocycles. The highest BCUT2D eigenvalue weighted by Gasteiger charge is 2.48. The van der Waals surface area contributed by atoms with E-state index in [0.717, 1.165) is 13.0 Å². The number of hydrogen-bond donors (Lipinski definition) is 2. The van der Waals surface area contributed by atoms with Crippen molar-refractivity contribution >= 4 is 6.09 Å². The molecule has 3 atom stereocenters. The van der Waals surface area contributed by atoms with E-state index < -0.39 is 5.60 Å². The Labute approximate surface area is 141 Å². The number of ether oxygens (including phenoxy) is 2. The van der Waals surface area contributed by atoms with E-state index >= 15 is 0 Å². The smallest absolute Gasteiger partial charge is 0.407 e. The molecule has 0 aromatic rings. The predicted octanol–water partition coefficient (Wildman–Crippen LogP) is 3.19. The molecule has 0 saturated heterocycles. The van der Waals surface area contributed by atoms with E-state index in [0.29, 0.717) is 30.5 Å². The molecule has 0 radical (unpaired) electrons. The second kappa shape index (κ2) is 7.84. The van der Waals surface area contributed by atoms with Gasteiger partial charge in [0, 0.05) is 31.7 Å². The van der Waals surface area contributed by atoms with Crippen molar-refractivity contribution in [1.82, 2.24) is 10.6 Å². The van der Waals surface area contributed by atoms with E-state index in [1.807, 2.05) is 20.8 Å². The topological polar surface area (TPSA) is 59.6 Å². The zero-order chi connectivity index (χ0) is 17.8. The molecule has 0 aromatic heterocycles. The lowest BCUT2D eigenvalue weighted by atomic mass is 9.64. The Morgan fingerprint density at radius 1 is 1.26 bits per heavy atom. The molecular weight excluding hydrogens is 292 g/mol. The van der Waals surface area contributed by atoms with Crippen LogP contribution in [0.2, 0.25) is 0 Å². The molecule has 0 aliphatic heterocycles. The lowest BCUT2D eigenvalue weighted by molar-refractivity contribution is -0.0983. The molecule has 0 heterocycles. The maximum atomic E-state index is 11.8. The van der Waals surface area contributed by atoms with Crippen LogP contribution >= 0.6 is 0 Å². The van der Waals surface area contributed by atoms with E-state index in [-0.39, 0.29) is 11.5 Å². The maximum Gasteiger partial charge on any atom is 0.407 e. The van der Waals surface area contributed by atoms with Crippen LogP contribution in [0.5, 0.6) is 0 Å². The number of hydrogen-bond acceptors (Lipinski definition) is 4.